The zero-order valence-corrected chi connectivity index (χ0v) is 22.4. The van der Waals surface area contributed by atoms with Gasteiger partial charge in [0.1, 0.15) is 6.54 Å². The van der Waals surface area contributed by atoms with E-state index in [9.17, 15) is 19.5 Å². The lowest BCUT2D eigenvalue weighted by molar-refractivity contribution is -0.875. The number of aliphatic hydroxyl groups is 1. The van der Waals surface area contributed by atoms with Crippen LogP contribution in [-0.4, -0.2) is 52.4 Å². The smallest absolute Gasteiger partial charge is 0.362 e. The van der Waals surface area contributed by atoms with Crippen LogP contribution < -0.4 is 0 Å². The van der Waals surface area contributed by atoms with E-state index in [4.69, 9.17) is 0 Å². The Bertz CT molecular complexity index is 551. The Morgan fingerprint density at radius 1 is 0.688 bits per heavy atom. The number of nitrogens with zero attached hydrogens (tertiary/aromatic N) is 1. The van der Waals surface area contributed by atoms with Gasteiger partial charge in [-0.05, 0) is 57.8 Å². The summed E-state index contributed by atoms with van der Waals surface area (Å²) in [6.07, 6.45) is 26.9. The maximum atomic E-state index is 11.8. The zero-order valence-electron chi connectivity index (χ0n) is 21.5. The molecule has 3 N–H and O–H groups in total. The summed E-state index contributed by atoms with van der Waals surface area (Å²) in [5.41, 5.74) is 0. The van der Waals surface area contributed by atoms with Crippen LogP contribution in [0.5, 0.6) is 0 Å². The standard InChI is InChI=1S/C26H52NO4P/c1-5-6-7-8-9-10-11-12-13-14-15-16-17-18-19-20-21-22-23-24-26(28,32(29,30)31)25-27(2,3)4/h7-8,15-16,28H,5-6,9-14,17-25H2,1-4H3,(H-,29,30,31)/p+1/b8-7-,16-15-. The minimum atomic E-state index is -4.55. The van der Waals surface area contributed by atoms with Gasteiger partial charge in [-0.3, -0.25) is 4.57 Å². The van der Waals surface area contributed by atoms with Gasteiger partial charge < -0.3 is 19.4 Å². The molecule has 6 heteroatoms. The Labute approximate surface area is 198 Å². The monoisotopic (exact) mass is 474 g/mol. The SMILES string of the molecule is CCC/C=C\CCCCCC/C=C\CCCCCCCCC(O)(C[N+](C)(C)C)P(=O)(O)O. The lowest BCUT2D eigenvalue weighted by Crippen LogP contribution is -2.49. The third kappa shape index (κ3) is 18.0. The first-order chi connectivity index (χ1) is 15.0. The Kier molecular flexibility index (Phi) is 17.7. The lowest BCUT2D eigenvalue weighted by atomic mass is 10.0. The van der Waals surface area contributed by atoms with Crippen LogP contribution in [0.1, 0.15) is 110 Å². The third-order valence-corrected chi connectivity index (χ3v) is 7.20. The van der Waals surface area contributed by atoms with Crippen molar-refractivity contribution in [2.75, 3.05) is 27.7 Å². The fraction of sp³-hybridized carbons (Fsp3) is 0.846. The van der Waals surface area contributed by atoms with Gasteiger partial charge in [0.2, 0.25) is 5.34 Å². The summed E-state index contributed by atoms with van der Waals surface area (Å²) in [6.45, 7) is 2.27. The van der Waals surface area contributed by atoms with Crippen LogP contribution in [0.15, 0.2) is 24.3 Å². The normalized spacial score (nSPS) is 15.1. The largest absolute Gasteiger partial charge is 0.373 e. The molecule has 0 heterocycles. The zero-order chi connectivity index (χ0) is 24.3. The van der Waals surface area contributed by atoms with E-state index in [0.717, 1.165) is 25.7 Å². The summed E-state index contributed by atoms with van der Waals surface area (Å²) in [5, 5.41) is 8.62. The number of rotatable bonds is 21. The molecule has 0 radical (unpaired) electrons. The highest BCUT2D eigenvalue weighted by atomic mass is 31.2. The molecule has 0 bridgehead atoms. The molecule has 0 aromatic heterocycles. The third-order valence-electron chi connectivity index (χ3n) is 5.75. The highest BCUT2D eigenvalue weighted by Crippen LogP contribution is 2.52. The van der Waals surface area contributed by atoms with Gasteiger partial charge in [0.15, 0.2) is 0 Å². The van der Waals surface area contributed by atoms with Gasteiger partial charge in [-0.25, -0.2) is 0 Å². The second kappa shape index (κ2) is 18.0. The van der Waals surface area contributed by atoms with Crippen molar-refractivity contribution in [3.63, 3.8) is 0 Å². The molecule has 0 saturated heterocycles. The Morgan fingerprint density at radius 3 is 1.44 bits per heavy atom. The van der Waals surface area contributed by atoms with Gasteiger partial charge in [0, 0.05) is 0 Å². The van der Waals surface area contributed by atoms with Crippen molar-refractivity contribution in [2.24, 2.45) is 0 Å². The average molecular weight is 475 g/mol. The van der Waals surface area contributed by atoms with Crippen molar-refractivity contribution in [1.82, 2.24) is 0 Å². The quantitative estimate of drug-likeness (QED) is 0.0729. The molecule has 0 spiro atoms. The number of hydrogen-bond acceptors (Lipinski definition) is 2. The van der Waals surface area contributed by atoms with Crippen LogP contribution in [0, 0.1) is 0 Å². The Balaban J connectivity index is 3.65. The topological polar surface area (TPSA) is 77.8 Å². The number of unbranched alkanes of at least 4 members (excludes halogenated alkanes) is 12. The van der Waals surface area contributed by atoms with E-state index >= 15 is 0 Å². The molecule has 1 atom stereocenters. The van der Waals surface area contributed by atoms with Crippen LogP contribution in [0.2, 0.25) is 0 Å². The molecule has 0 aliphatic carbocycles. The molecule has 0 aliphatic heterocycles. The molecule has 0 aromatic carbocycles. The van der Waals surface area contributed by atoms with Gasteiger partial charge in [0.25, 0.3) is 0 Å². The average Bonchev–Trinajstić information content (AvgIpc) is 2.67. The fourth-order valence-corrected chi connectivity index (χ4v) is 5.03. The van der Waals surface area contributed by atoms with Crippen LogP contribution in [0.4, 0.5) is 0 Å². The summed E-state index contributed by atoms with van der Waals surface area (Å²) >= 11 is 0. The Hall–Kier alpha value is -0.450. The summed E-state index contributed by atoms with van der Waals surface area (Å²) in [7, 11) is 0.962. The predicted molar refractivity (Wildman–Crippen MR) is 138 cm³/mol. The van der Waals surface area contributed by atoms with Crippen molar-refractivity contribution in [3.8, 4) is 0 Å². The molecule has 0 aromatic rings. The van der Waals surface area contributed by atoms with Gasteiger partial charge in [0.05, 0.1) is 21.1 Å². The van der Waals surface area contributed by atoms with E-state index < -0.39 is 12.9 Å². The van der Waals surface area contributed by atoms with E-state index in [2.05, 4.69) is 31.2 Å². The van der Waals surface area contributed by atoms with E-state index in [-0.39, 0.29) is 13.0 Å². The van der Waals surface area contributed by atoms with Crippen molar-refractivity contribution in [1.29, 1.82) is 0 Å². The number of hydrogen-bond donors (Lipinski definition) is 3. The van der Waals surface area contributed by atoms with E-state index in [1.54, 1.807) is 0 Å². The molecule has 190 valence electrons. The minimum Gasteiger partial charge on any atom is -0.373 e. The summed E-state index contributed by atoms with van der Waals surface area (Å²) in [4.78, 5) is 19.2. The van der Waals surface area contributed by atoms with Crippen LogP contribution >= 0.6 is 7.60 Å². The summed E-state index contributed by atoms with van der Waals surface area (Å²) in [5.74, 6) is 0. The van der Waals surface area contributed by atoms with Crippen molar-refractivity contribution in [2.45, 2.75) is 115 Å². The van der Waals surface area contributed by atoms with Gasteiger partial charge in [-0.1, -0.05) is 76.2 Å². The molecular weight excluding hydrogens is 421 g/mol. The molecule has 0 amide bonds. The Morgan fingerprint density at radius 2 is 1.06 bits per heavy atom. The van der Waals surface area contributed by atoms with Crippen LogP contribution in [0.3, 0.4) is 0 Å². The van der Waals surface area contributed by atoms with Crippen LogP contribution in [-0.2, 0) is 4.57 Å². The van der Waals surface area contributed by atoms with Crippen molar-refractivity contribution in [3.05, 3.63) is 24.3 Å². The first kappa shape index (κ1) is 31.6. The molecule has 5 nitrogen and oxygen atoms in total. The first-order valence-corrected chi connectivity index (χ1v) is 14.5. The fourth-order valence-electron chi connectivity index (χ4n) is 3.97. The highest BCUT2D eigenvalue weighted by molar-refractivity contribution is 7.53. The minimum absolute atomic E-state index is 0.0556. The van der Waals surface area contributed by atoms with Crippen LogP contribution in [0.25, 0.3) is 0 Å². The molecule has 0 rings (SSSR count). The van der Waals surface area contributed by atoms with Gasteiger partial charge in [-0.2, -0.15) is 0 Å². The van der Waals surface area contributed by atoms with Crippen molar-refractivity contribution >= 4 is 7.60 Å². The number of allylic oxidation sites excluding steroid dienone is 4. The molecule has 0 aliphatic rings. The molecular formula is C26H53NO4P+. The summed E-state index contributed by atoms with van der Waals surface area (Å²) < 4.78 is 12.1. The highest BCUT2D eigenvalue weighted by Gasteiger charge is 2.48. The second-order valence-corrected chi connectivity index (χ2v) is 12.3. The maximum Gasteiger partial charge on any atom is 0.362 e. The van der Waals surface area contributed by atoms with Gasteiger partial charge in [-0.15, -0.1) is 0 Å². The first-order valence-electron chi connectivity index (χ1n) is 12.9. The second-order valence-electron chi connectivity index (χ2n) is 10.4. The van der Waals surface area contributed by atoms with E-state index in [1.807, 2.05) is 21.1 Å². The number of quaternary nitrogens is 1. The maximum absolute atomic E-state index is 11.8. The van der Waals surface area contributed by atoms with Crippen molar-refractivity contribution < 1.29 is 23.9 Å². The summed E-state index contributed by atoms with van der Waals surface area (Å²) in [6, 6.07) is 0. The lowest BCUT2D eigenvalue weighted by Gasteiger charge is -2.35. The molecule has 32 heavy (non-hydrogen) atoms. The molecule has 1 unspecified atom stereocenters. The van der Waals surface area contributed by atoms with Gasteiger partial charge >= 0.3 is 7.60 Å². The number of likely N-dealkylation sites (N-methyl/N-ethyl adjacent to an activating group) is 1. The van der Waals surface area contributed by atoms with E-state index in [1.165, 1.54) is 64.2 Å². The molecule has 0 fully saturated rings. The molecule has 0 saturated carbocycles. The predicted octanol–water partition coefficient (Wildman–Crippen LogP) is 6.93. The van der Waals surface area contributed by atoms with E-state index in [0.29, 0.717) is 10.9 Å².